The third kappa shape index (κ3) is 1.85. The molecule has 0 spiro atoms. The van der Waals surface area contributed by atoms with Crippen molar-refractivity contribution in [1.29, 1.82) is 0 Å². The molecule has 3 rings (SSSR count). The minimum atomic E-state index is -0.551. The Bertz CT molecular complexity index is 649. The van der Waals surface area contributed by atoms with Gasteiger partial charge in [-0.05, 0) is 24.3 Å². The van der Waals surface area contributed by atoms with Gasteiger partial charge in [-0.25, -0.2) is 4.39 Å². The molecule has 0 radical (unpaired) electrons. The summed E-state index contributed by atoms with van der Waals surface area (Å²) in [5.74, 6) is -1.52. The molecule has 94 valence electrons. The summed E-state index contributed by atoms with van der Waals surface area (Å²) in [6.45, 7) is 0. The molecule has 0 bridgehead atoms. The lowest BCUT2D eigenvalue weighted by Gasteiger charge is -2.14. The van der Waals surface area contributed by atoms with Gasteiger partial charge in [-0.15, -0.1) is 0 Å². The number of hydrogen-bond acceptors (Lipinski definition) is 3. The summed E-state index contributed by atoms with van der Waals surface area (Å²) in [4.78, 5) is 29.1. The van der Waals surface area contributed by atoms with Gasteiger partial charge in [0.25, 0.3) is 11.8 Å². The van der Waals surface area contributed by atoms with Crippen molar-refractivity contribution in [3.63, 3.8) is 0 Å². The standard InChI is InChI=1S/C14H8FNO3/c15-9-4-3-5-10(8-9)19-16-13(17)11-6-1-2-7-12(11)14(16)18/h1-8H. The number of amides is 2. The number of carbonyl (C=O) groups excluding carboxylic acids is 2. The van der Waals surface area contributed by atoms with Crippen molar-refractivity contribution < 1.29 is 18.8 Å². The normalized spacial score (nSPS) is 13.6. The monoisotopic (exact) mass is 257 g/mol. The predicted molar refractivity (Wildman–Crippen MR) is 64.0 cm³/mol. The fraction of sp³-hybridized carbons (Fsp3) is 0. The molecule has 0 unspecified atom stereocenters. The molecule has 2 aromatic carbocycles. The molecular formula is C14H8FNO3. The zero-order chi connectivity index (χ0) is 13.4. The summed E-state index contributed by atoms with van der Waals surface area (Å²) in [6, 6.07) is 11.7. The first-order valence-corrected chi connectivity index (χ1v) is 5.58. The second-order valence-electron chi connectivity index (χ2n) is 4.00. The molecule has 0 saturated heterocycles. The van der Waals surface area contributed by atoms with Crippen molar-refractivity contribution >= 4 is 11.8 Å². The van der Waals surface area contributed by atoms with Crippen LogP contribution in [0.1, 0.15) is 20.7 Å². The first-order valence-electron chi connectivity index (χ1n) is 5.58. The molecule has 1 heterocycles. The number of imide groups is 1. The number of carbonyl (C=O) groups is 2. The molecule has 0 saturated carbocycles. The fourth-order valence-electron chi connectivity index (χ4n) is 1.88. The van der Waals surface area contributed by atoms with Crippen LogP contribution >= 0.6 is 0 Å². The summed E-state index contributed by atoms with van der Waals surface area (Å²) >= 11 is 0. The van der Waals surface area contributed by atoms with Gasteiger partial charge in [-0.1, -0.05) is 23.3 Å². The Kier molecular flexibility index (Phi) is 2.52. The van der Waals surface area contributed by atoms with E-state index in [1.165, 1.54) is 18.2 Å². The second kappa shape index (κ2) is 4.20. The first kappa shape index (κ1) is 11.4. The Morgan fingerprint density at radius 2 is 1.53 bits per heavy atom. The lowest BCUT2D eigenvalue weighted by molar-refractivity contribution is -0.0142. The Morgan fingerprint density at radius 1 is 0.895 bits per heavy atom. The van der Waals surface area contributed by atoms with Gasteiger partial charge >= 0.3 is 0 Å². The van der Waals surface area contributed by atoms with Gasteiger partial charge in [0.2, 0.25) is 0 Å². The van der Waals surface area contributed by atoms with Crippen molar-refractivity contribution in [3.05, 3.63) is 65.5 Å². The van der Waals surface area contributed by atoms with Gasteiger partial charge in [0, 0.05) is 6.07 Å². The predicted octanol–water partition coefficient (Wildman–Crippen LogP) is 2.42. The highest BCUT2D eigenvalue weighted by Gasteiger charge is 2.37. The van der Waals surface area contributed by atoms with Gasteiger partial charge in [-0.3, -0.25) is 9.59 Å². The van der Waals surface area contributed by atoms with E-state index in [0.29, 0.717) is 5.06 Å². The van der Waals surface area contributed by atoms with Crippen molar-refractivity contribution in [2.75, 3.05) is 0 Å². The van der Waals surface area contributed by atoms with Gasteiger partial charge in [-0.2, -0.15) is 0 Å². The SMILES string of the molecule is O=C1c2ccccc2C(=O)N1Oc1cccc(F)c1. The van der Waals surface area contributed by atoms with Gasteiger partial charge < -0.3 is 4.84 Å². The molecule has 2 amide bonds. The zero-order valence-corrected chi connectivity index (χ0v) is 9.67. The topological polar surface area (TPSA) is 46.6 Å². The molecule has 1 aliphatic rings. The summed E-state index contributed by atoms with van der Waals surface area (Å²) in [5, 5.41) is 0.638. The highest BCUT2D eigenvalue weighted by Crippen LogP contribution is 2.24. The van der Waals surface area contributed by atoms with Gasteiger partial charge in [0.15, 0.2) is 5.75 Å². The van der Waals surface area contributed by atoms with Crippen LogP contribution in [0.3, 0.4) is 0 Å². The van der Waals surface area contributed by atoms with Gasteiger partial charge in [0.05, 0.1) is 11.1 Å². The van der Waals surface area contributed by atoms with Crippen LogP contribution in [0.15, 0.2) is 48.5 Å². The second-order valence-corrected chi connectivity index (χ2v) is 4.00. The average Bonchev–Trinajstić information content (AvgIpc) is 2.65. The van der Waals surface area contributed by atoms with Crippen molar-refractivity contribution in [2.24, 2.45) is 0 Å². The third-order valence-corrected chi connectivity index (χ3v) is 2.75. The number of hydrogen-bond donors (Lipinski definition) is 0. The Morgan fingerprint density at radius 3 is 2.11 bits per heavy atom. The maximum atomic E-state index is 13.0. The molecule has 0 aromatic heterocycles. The van der Waals surface area contributed by atoms with Crippen LogP contribution < -0.4 is 4.84 Å². The number of rotatable bonds is 2. The van der Waals surface area contributed by atoms with E-state index in [9.17, 15) is 14.0 Å². The molecule has 0 fully saturated rings. The number of fused-ring (bicyclic) bond motifs is 1. The van der Waals surface area contributed by atoms with Crippen LogP contribution in [0.2, 0.25) is 0 Å². The zero-order valence-electron chi connectivity index (χ0n) is 9.67. The van der Waals surface area contributed by atoms with Crippen LogP contribution in [0, 0.1) is 5.82 Å². The molecule has 1 aliphatic heterocycles. The molecule has 0 aliphatic carbocycles. The minimum absolute atomic E-state index is 0.0921. The van der Waals surface area contributed by atoms with E-state index in [4.69, 9.17) is 4.84 Å². The fourth-order valence-corrected chi connectivity index (χ4v) is 1.88. The Labute approximate surface area is 108 Å². The van der Waals surface area contributed by atoms with Crippen LogP contribution in [0.25, 0.3) is 0 Å². The van der Waals surface area contributed by atoms with Crippen LogP contribution in [0.5, 0.6) is 5.75 Å². The van der Waals surface area contributed by atoms with E-state index >= 15 is 0 Å². The first-order chi connectivity index (χ1) is 9.16. The maximum Gasteiger partial charge on any atom is 0.295 e. The largest absolute Gasteiger partial charge is 0.368 e. The maximum absolute atomic E-state index is 13.0. The van der Waals surface area contributed by atoms with Crippen LogP contribution in [-0.2, 0) is 0 Å². The van der Waals surface area contributed by atoms with Crippen molar-refractivity contribution in [2.45, 2.75) is 0 Å². The minimum Gasteiger partial charge on any atom is -0.368 e. The lowest BCUT2D eigenvalue weighted by Crippen LogP contribution is -2.33. The van der Waals surface area contributed by atoms with Crippen LogP contribution in [0.4, 0.5) is 4.39 Å². The summed E-state index contributed by atoms with van der Waals surface area (Å²) in [7, 11) is 0. The van der Waals surface area contributed by atoms with E-state index in [2.05, 4.69) is 0 Å². The lowest BCUT2D eigenvalue weighted by atomic mass is 10.1. The molecule has 19 heavy (non-hydrogen) atoms. The molecule has 2 aromatic rings. The summed E-state index contributed by atoms with van der Waals surface area (Å²) in [6.07, 6.45) is 0. The van der Waals surface area contributed by atoms with E-state index in [0.717, 1.165) is 6.07 Å². The number of nitrogens with zero attached hydrogens (tertiary/aromatic N) is 1. The molecule has 0 N–H and O–H groups in total. The summed E-state index contributed by atoms with van der Waals surface area (Å²) < 4.78 is 13.0. The van der Waals surface area contributed by atoms with Crippen molar-refractivity contribution in [1.82, 2.24) is 5.06 Å². The van der Waals surface area contributed by atoms with Gasteiger partial charge in [0.1, 0.15) is 5.82 Å². The third-order valence-electron chi connectivity index (χ3n) is 2.75. The molecule has 4 nitrogen and oxygen atoms in total. The number of halogens is 1. The summed E-state index contributed by atoms with van der Waals surface area (Å²) in [5.41, 5.74) is 0.563. The Hall–Kier alpha value is -2.69. The molecular weight excluding hydrogens is 249 g/mol. The highest BCUT2D eigenvalue weighted by atomic mass is 19.1. The van der Waals surface area contributed by atoms with Crippen LogP contribution in [-0.4, -0.2) is 16.9 Å². The van der Waals surface area contributed by atoms with E-state index < -0.39 is 17.6 Å². The van der Waals surface area contributed by atoms with E-state index in [-0.39, 0.29) is 16.9 Å². The smallest absolute Gasteiger partial charge is 0.295 e. The molecule has 5 heteroatoms. The number of benzene rings is 2. The number of hydroxylamine groups is 2. The highest BCUT2D eigenvalue weighted by molar-refractivity contribution is 6.20. The van der Waals surface area contributed by atoms with E-state index in [1.54, 1.807) is 24.3 Å². The average molecular weight is 257 g/mol. The van der Waals surface area contributed by atoms with Crippen molar-refractivity contribution in [3.8, 4) is 5.75 Å². The quantitative estimate of drug-likeness (QED) is 0.776. The Balaban J connectivity index is 1.92. The molecule has 0 atom stereocenters. The van der Waals surface area contributed by atoms with E-state index in [1.807, 2.05) is 0 Å².